The maximum Gasteiger partial charge on any atom is 0.410 e. The number of fused-ring (bicyclic) bond motifs is 1. The lowest BCUT2D eigenvalue weighted by Gasteiger charge is -2.33. The second-order valence-electron chi connectivity index (χ2n) is 7.37. The molecule has 0 aliphatic carbocycles. The summed E-state index contributed by atoms with van der Waals surface area (Å²) in [7, 11) is 0. The molecule has 0 bridgehead atoms. The number of hydrogen-bond donors (Lipinski definition) is 1. The zero-order chi connectivity index (χ0) is 18.0. The third-order valence-electron chi connectivity index (χ3n) is 4.12. The first-order chi connectivity index (χ1) is 11.8. The second-order valence-corrected chi connectivity index (χ2v) is 7.37. The number of nitrogens with zero attached hydrogens (tertiary/aromatic N) is 2. The monoisotopic (exact) mass is 343 g/mol. The molecule has 1 aromatic carbocycles. The molecule has 6 heteroatoms. The van der Waals surface area contributed by atoms with E-state index in [-0.39, 0.29) is 12.2 Å². The van der Waals surface area contributed by atoms with E-state index in [1.807, 2.05) is 45.0 Å². The minimum absolute atomic E-state index is 0.0298. The number of benzene rings is 1. The molecule has 25 heavy (non-hydrogen) atoms. The zero-order valence-electron chi connectivity index (χ0n) is 15.0. The van der Waals surface area contributed by atoms with E-state index in [2.05, 4.69) is 4.98 Å². The summed E-state index contributed by atoms with van der Waals surface area (Å²) >= 11 is 0. The van der Waals surface area contributed by atoms with Gasteiger partial charge in [-0.15, -0.1) is 0 Å². The Hall–Kier alpha value is -2.50. The predicted molar refractivity (Wildman–Crippen MR) is 97.6 cm³/mol. The zero-order valence-corrected chi connectivity index (χ0v) is 15.0. The van der Waals surface area contributed by atoms with Gasteiger partial charge in [0.2, 0.25) is 0 Å². The van der Waals surface area contributed by atoms with Gasteiger partial charge in [0.05, 0.1) is 11.2 Å². The molecule has 2 aromatic rings. The van der Waals surface area contributed by atoms with Crippen LogP contribution in [0.4, 0.5) is 10.5 Å². The number of nitrogens with two attached hydrogens (primary N) is 1. The molecule has 0 unspecified atom stereocenters. The number of aromatic nitrogens is 1. The van der Waals surface area contributed by atoms with Crippen LogP contribution in [0.2, 0.25) is 0 Å². The highest BCUT2D eigenvalue weighted by molar-refractivity contribution is 5.84. The van der Waals surface area contributed by atoms with E-state index in [4.69, 9.17) is 15.2 Å². The average Bonchev–Trinajstić information content (AvgIpc) is 2.54. The Balaban J connectivity index is 1.61. The molecule has 1 fully saturated rings. The first kappa shape index (κ1) is 17.3. The maximum absolute atomic E-state index is 12.1. The van der Waals surface area contributed by atoms with Crippen LogP contribution in [0.15, 0.2) is 30.5 Å². The highest BCUT2D eigenvalue weighted by Gasteiger charge is 2.27. The van der Waals surface area contributed by atoms with Crippen LogP contribution >= 0.6 is 0 Å². The van der Waals surface area contributed by atoms with Crippen molar-refractivity contribution in [2.75, 3.05) is 18.8 Å². The molecule has 0 radical (unpaired) electrons. The Morgan fingerprint density at radius 2 is 2.00 bits per heavy atom. The molecular weight excluding hydrogens is 318 g/mol. The molecule has 2 N–H and O–H groups in total. The molecule has 6 nitrogen and oxygen atoms in total. The van der Waals surface area contributed by atoms with Crippen LogP contribution in [0, 0.1) is 0 Å². The van der Waals surface area contributed by atoms with Crippen LogP contribution in [0.1, 0.15) is 33.6 Å². The number of hydrogen-bond acceptors (Lipinski definition) is 5. The number of nitrogen functional groups attached to an aromatic ring is 1. The van der Waals surface area contributed by atoms with Crippen LogP contribution in [0.3, 0.4) is 0 Å². The lowest BCUT2D eigenvalue weighted by Crippen LogP contribution is -2.44. The van der Waals surface area contributed by atoms with Crippen molar-refractivity contribution in [2.24, 2.45) is 0 Å². The van der Waals surface area contributed by atoms with E-state index in [0.717, 1.165) is 23.7 Å². The number of likely N-dealkylation sites (tertiary alicyclic amines) is 1. The van der Waals surface area contributed by atoms with Crippen LogP contribution in [-0.4, -0.2) is 40.8 Å². The highest BCUT2D eigenvalue weighted by atomic mass is 16.6. The SMILES string of the molecule is CC(C)(C)OC(=O)N1CCC(Oc2cc3ncccc3cc2N)CC1. The van der Waals surface area contributed by atoms with Gasteiger partial charge < -0.3 is 20.1 Å². The number of amides is 1. The van der Waals surface area contributed by atoms with Crippen molar-refractivity contribution < 1.29 is 14.3 Å². The summed E-state index contributed by atoms with van der Waals surface area (Å²) < 4.78 is 11.5. The van der Waals surface area contributed by atoms with Crippen molar-refractivity contribution in [3.05, 3.63) is 30.5 Å². The van der Waals surface area contributed by atoms with E-state index < -0.39 is 5.60 Å². The number of pyridine rings is 1. The number of piperidine rings is 1. The molecule has 3 rings (SSSR count). The standard InChI is InChI=1S/C19H25N3O3/c1-19(2,3)25-18(23)22-9-6-14(7-10-22)24-17-12-16-13(11-15(17)20)5-4-8-21-16/h4-5,8,11-12,14H,6-7,9-10,20H2,1-3H3. The molecule has 0 atom stereocenters. The first-order valence-corrected chi connectivity index (χ1v) is 8.61. The highest BCUT2D eigenvalue weighted by Crippen LogP contribution is 2.29. The molecule has 1 aromatic heterocycles. The number of anilines is 1. The number of carbonyl (C=O) groups is 1. The topological polar surface area (TPSA) is 77.7 Å². The summed E-state index contributed by atoms with van der Waals surface area (Å²) in [4.78, 5) is 18.2. The summed E-state index contributed by atoms with van der Waals surface area (Å²) in [5, 5.41) is 0.993. The number of ether oxygens (including phenoxy) is 2. The van der Waals surface area contributed by atoms with Crippen molar-refractivity contribution in [3.63, 3.8) is 0 Å². The Morgan fingerprint density at radius 1 is 1.28 bits per heavy atom. The van der Waals surface area contributed by atoms with Gasteiger partial charge in [0, 0.05) is 43.6 Å². The largest absolute Gasteiger partial charge is 0.488 e. The van der Waals surface area contributed by atoms with Gasteiger partial charge in [-0.25, -0.2) is 4.79 Å². The van der Waals surface area contributed by atoms with E-state index in [1.54, 1.807) is 11.1 Å². The Bertz CT molecular complexity index is 762. The van der Waals surface area contributed by atoms with Gasteiger partial charge in [-0.2, -0.15) is 0 Å². The quantitative estimate of drug-likeness (QED) is 0.843. The summed E-state index contributed by atoms with van der Waals surface area (Å²) in [5.41, 5.74) is 7.10. The van der Waals surface area contributed by atoms with Crippen LogP contribution in [0.25, 0.3) is 10.9 Å². The van der Waals surface area contributed by atoms with Gasteiger partial charge in [-0.3, -0.25) is 4.98 Å². The third-order valence-corrected chi connectivity index (χ3v) is 4.12. The smallest absolute Gasteiger partial charge is 0.410 e. The first-order valence-electron chi connectivity index (χ1n) is 8.61. The molecule has 134 valence electrons. The number of carbonyl (C=O) groups excluding carboxylic acids is 1. The van der Waals surface area contributed by atoms with Gasteiger partial charge in [0.1, 0.15) is 17.5 Å². The molecule has 1 amide bonds. The maximum atomic E-state index is 12.1. The Morgan fingerprint density at radius 3 is 2.68 bits per heavy atom. The number of rotatable bonds is 2. The minimum Gasteiger partial charge on any atom is -0.488 e. The molecule has 1 saturated heterocycles. The minimum atomic E-state index is -0.475. The van der Waals surface area contributed by atoms with Crippen molar-refractivity contribution >= 4 is 22.7 Å². The molecular formula is C19H25N3O3. The van der Waals surface area contributed by atoms with Gasteiger partial charge in [0.15, 0.2) is 0 Å². The predicted octanol–water partition coefficient (Wildman–Crippen LogP) is 3.60. The molecule has 0 spiro atoms. The fraction of sp³-hybridized carbons (Fsp3) is 0.474. The second kappa shape index (κ2) is 6.78. The Kier molecular flexibility index (Phi) is 4.70. The molecule has 0 saturated carbocycles. The fourth-order valence-electron chi connectivity index (χ4n) is 2.88. The molecule has 2 heterocycles. The van der Waals surface area contributed by atoms with Crippen LogP contribution in [-0.2, 0) is 4.74 Å². The Labute approximate surface area is 147 Å². The third kappa shape index (κ3) is 4.32. The van der Waals surface area contributed by atoms with Gasteiger partial charge >= 0.3 is 6.09 Å². The normalized spacial score (nSPS) is 16.0. The lowest BCUT2D eigenvalue weighted by atomic mass is 10.1. The van der Waals surface area contributed by atoms with E-state index in [9.17, 15) is 4.79 Å². The van der Waals surface area contributed by atoms with E-state index in [0.29, 0.717) is 24.5 Å². The molecule has 1 aliphatic heterocycles. The van der Waals surface area contributed by atoms with Gasteiger partial charge in [-0.1, -0.05) is 6.07 Å². The van der Waals surface area contributed by atoms with Crippen LogP contribution in [0.5, 0.6) is 5.75 Å². The van der Waals surface area contributed by atoms with E-state index >= 15 is 0 Å². The van der Waals surface area contributed by atoms with Gasteiger partial charge in [-0.05, 0) is 32.9 Å². The lowest BCUT2D eigenvalue weighted by molar-refractivity contribution is 0.0127. The molecule has 1 aliphatic rings. The van der Waals surface area contributed by atoms with Crippen molar-refractivity contribution in [1.82, 2.24) is 9.88 Å². The summed E-state index contributed by atoms with van der Waals surface area (Å²) in [5.74, 6) is 0.655. The summed E-state index contributed by atoms with van der Waals surface area (Å²) in [6, 6.07) is 7.62. The van der Waals surface area contributed by atoms with Crippen molar-refractivity contribution in [1.29, 1.82) is 0 Å². The van der Waals surface area contributed by atoms with Crippen LogP contribution < -0.4 is 10.5 Å². The summed E-state index contributed by atoms with van der Waals surface area (Å²) in [6.45, 7) is 6.85. The average molecular weight is 343 g/mol. The fourth-order valence-corrected chi connectivity index (χ4v) is 2.88. The van der Waals surface area contributed by atoms with Gasteiger partial charge in [0.25, 0.3) is 0 Å². The van der Waals surface area contributed by atoms with Crippen molar-refractivity contribution in [3.8, 4) is 5.75 Å². The van der Waals surface area contributed by atoms with Crippen molar-refractivity contribution in [2.45, 2.75) is 45.3 Å². The summed E-state index contributed by atoms with van der Waals surface area (Å²) in [6.07, 6.45) is 3.02. The van der Waals surface area contributed by atoms with E-state index in [1.165, 1.54) is 0 Å².